The number of amides is 1. The first-order valence-corrected chi connectivity index (χ1v) is 4.93. The Morgan fingerprint density at radius 3 is 2.21 bits per heavy atom. The summed E-state index contributed by atoms with van der Waals surface area (Å²) in [6.07, 6.45) is 1.94. The molecule has 4 heteroatoms. The molecule has 1 fully saturated rings. The second kappa shape index (κ2) is 4.09. The maximum atomic E-state index is 11.6. The molecule has 0 aromatic carbocycles. The summed E-state index contributed by atoms with van der Waals surface area (Å²) in [4.78, 5) is 24.8. The molecule has 1 aliphatic heterocycles. The first kappa shape index (κ1) is 11.2. The monoisotopic (exact) mass is 199 g/mol. The molecule has 0 bridgehead atoms. The van der Waals surface area contributed by atoms with Crippen LogP contribution in [-0.4, -0.2) is 41.4 Å². The minimum atomic E-state index is -0.945. The van der Waals surface area contributed by atoms with E-state index in [1.165, 1.54) is 0 Å². The molecule has 1 N–H and O–H groups in total. The van der Waals surface area contributed by atoms with E-state index in [4.69, 9.17) is 5.11 Å². The first-order chi connectivity index (χ1) is 6.49. The van der Waals surface area contributed by atoms with Gasteiger partial charge in [0.1, 0.15) is 0 Å². The molecule has 0 aromatic rings. The van der Waals surface area contributed by atoms with E-state index >= 15 is 0 Å². The number of ketones is 1. The number of rotatable bonds is 3. The lowest BCUT2D eigenvalue weighted by atomic mass is 9.88. The van der Waals surface area contributed by atoms with Crippen molar-refractivity contribution in [2.45, 2.75) is 26.7 Å². The van der Waals surface area contributed by atoms with Crippen molar-refractivity contribution in [1.82, 2.24) is 4.90 Å². The van der Waals surface area contributed by atoms with Crippen molar-refractivity contribution in [2.75, 3.05) is 19.7 Å². The van der Waals surface area contributed by atoms with Gasteiger partial charge in [-0.15, -0.1) is 0 Å². The third-order valence-electron chi connectivity index (χ3n) is 2.60. The molecule has 0 spiro atoms. The number of hydrogen-bond donors (Lipinski definition) is 1. The molecule has 80 valence electrons. The Morgan fingerprint density at radius 2 is 1.79 bits per heavy atom. The summed E-state index contributed by atoms with van der Waals surface area (Å²) < 4.78 is 0. The highest BCUT2D eigenvalue weighted by atomic mass is 16.3. The van der Waals surface area contributed by atoms with Gasteiger partial charge in [-0.2, -0.15) is 0 Å². The molecule has 0 aromatic heterocycles. The Morgan fingerprint density at radius 1 is 1.29 bits per heavy atom. The van der Waals surface area contributed by atoms with Gasteiger partial charge in [-0.25, -0.2) is 0 Å². The Balaban J connectivity index is 2.64. The van der Waals surface area contributed by atoms with Crippen LogP contribution >= 0.6 is 0 Å². The van der Waals surface area contributed by atoms with E-state index < -0.39 is 17.1 Å². The highest BCUT2D eigenvalue weighted by Gasteiger charge is 2.35. The standard InChI is InChI=1S/C10H17NO3/c1-10(2,7-12)8(13)9(14)11-5-3-4-6-11/h12H,3-7H2,1-2H3. The van der Waals surface area contributed by atoms with E-state index in [2.05, 4.69) is 0 Å². The summed E-state index contributed by atoms with van der Waals surface area (Å²) in [6.45, 7) is 4.23. The largest absolute Gasteiger partial charge is 0.395 e. The van der Waals surface area contributed by atoms with Crippen LogP contribution in [0.25, 0.3) is 0 Å². The molecule has 4 nitrogen and oxygen atoms in total. The fraction of sp³-hybridized carbons (Fsp3) is 0.800. The molecule has 0 atom stereocenters. The molecular formula is C10H17NO3. The highest BCUT2D eigenvalue weighted by molar-refractivity contribution is 6.38. The van der Waals surface area contributed by atoms with Crippen molar-refractivity contribution in [3.05, 3.63) is 0 Å². The maximum absolute atomic E-state index is 11.6. The number of likely N-dealkylation sites (tertiary alicyclic amines) is 1. The fourth-order valence-electron chi connectivity index (χ4n) is 1.43. The second-order valence-electron chi connectivity index (χ2n) is 4.37. The Bertz CT molecular complexity index is 242. The third kappa shape index (κ3) is 2.12. The van der Waals surface area contributed by atoms with Crippen LogP contribution in [0.15, 0.2) is 0 Å². The van der Waals surface area contributed by atoms with E-state index in [0.717, 1.165) is 12.8 Å². The SMILES string of the molecule is CC(C)(CO)C(=O)C(=O)N1CCCC1. The van der Waals surface area contributed by atoms with Gasteiger partial charge in [0.05, 0.1) is 12.0 Å². The van der Waals surface area contributed by atoms with Crippen molar-refractivity contribution in [2.24, 2.45) is 5.41 Å². The first-order valence-electron chi connectivity index (χ1n) is 4.93. The Labute approximate surface area is 83.9 Å². The quantitative estimate of drug-likeness (QED) is 0.660. The van der Waals surface area contributed by atoms with Gasteiger partial charge in [-0.1, -0.05) is 13.8 Å². The van der Waals surface area contributed by atoms with Crippen molar-refractivity contribution >= 4 is 11.7 Å². The topological polar surface area (TPSA) is 57.6 Å². The van der Waals surface area contributed by atoms with Gasteiger partial charge in [0.2, 0.25) is 5.78 Å². The number of hydrogen-bond acceptors (Lipinski definition) is 3. The normalized spacial score (nSPS) is 17.2. The molecule has 1 rings (SSSR count). The van der Waals surface area contributed by atoms with Crippen LogP contribution in [0.4, 0.5) is 0 Å². The van der Waals surface area contributed by atoms with Crippen LogP contribution < -0.4 is 0 Å². The molecule has 1 saturated heterocycles. The summed E-state index contributed by atoms with van der Waals surface area (Å²) in [7, 11) is 0. The Kier molecular flexibility index (Phi) is 3.26. The van der Waals surface area contributed by atoms with Crippen molar-refractivity contribution < 1.29 is 14.7 Å². The molecule has 0 saturated carbocycles. The summed E-state index contributed by atoms with van der Waals surface area (Å²) >= 11 is 0. The van der Waals surface area contributed by atoms with Crippen molar-refractivity contribution in [3.8, 4) is 0 Å². The zero-order valence-corrected chi connectivity index (χ0v) is 8.75. The number of carbonyl (C=O) groups is 2. The van der Waals surface area contributed by atoms with Gasteiger partial charge in [0, 0.05) is 13.1 Å². The molecule has 14 heavy (non-hydrogen) atoms. The summed E-state index contributed by atoms with van der Waals surface area (Å²) in [5, 5.41) is 8.96. The lowest BCUT2D eigenvalue weighted by Crippen LogP contribution is -2.42. The predicted octanol–water partition coefficient (Wildman–Crippen LogP) is 0.196. The van der Waals surface area contributed by atoms with Gasteiger partial charge in [0.15, 0.2) is 0 Å². The maximum Gasteiger partial charge on any atom is 0.290 e. The second-order valence-corrected chi connectivity index (χ2v) is 4.37. The Hall–Kier alpha value is -0.900. The van der Waals surface area contributed by atoms with Gasteiger partial charge in [0.25, 0.3) is 5.91 Å². The van der Waals surface area contributed by atoms with Gasteiger partial charge >= 0.3 is 0 Å². The lowest BCUT2D eigenvalue weighted by molar-refractivity contribution is -0.149. The van der Waals surface area contributed by atoms with E-state index in [9.17, 15) is 9.59 Å². The molecular weight excluding hydrogens is 182 g/mol. The van der Waals surface area contributed by atoms with Crippen LogP contribution in [0.3, 0.4) is 0 Å². The molecule has 1 aliphatic rings. The number of nitrogens with zero attached hydrogens (tertiary/aromatic N) is 1. The lowest BCUT2D eigenvalue weighted by Gasteiger charge is -2.22. The zero-order chi connectivity index (χ0) is 10.8. The fourth-order valence-corrected chi connectivity index (χ4v) is 1.43. The molecule has 1 amide bonds. The number of aliphatic hydroxyl groups excluding tert-OH is 1. The van der Waals surface area contributed by atoms with Gasteiger partial charge in [-0.3, -0.25) is 9.59 Å². The number of aliphatic hydroxyl groups is 1. The number of carbonyl (C=O) groups excluding carboxylic acids is 2. The molecule has 0 aliphatic carbocycles. The van der Waals surface area contributed by atoms with Crippen LogP contribution in [0.5, 0.6) is 0 Å². The average Bonchev–Trinajstić information content (AvgIpc) is 2.68. The molecule has 1 heterocycles. The summed E-state index contributed by atoms with van der Waals surface area (Å²) in [5.74, 6) is -0.927. The molecule has 0 unspecified atom stereocenters. The van der Waals surface area contributed by atoms with E-state index in [1.54, 1.807) is 18.7 Å². The number of Topliss-reactive ketones (excluding diaryl/α,β-unsaturated/α-hetero) is 1. The smallest absolute Gasteiger partial charge is 0.290 e. The van der Waals surface area contributed by atoms with E-state index in [-0.39, 0.29) is 6.61 Å². The summed E-state index contributed by atoms with van der Waals surface area (Å²) in [5.41, 5.74) is -0.945. The van der Waals surface area contributed by atoms with E-state index in [1.807, 2.05) is 0 Å². The minimum Gasteiger partial charge on any atom is -0.395 e. The van der Waals surface area contributed by atoms with Gasteiger partial charge < -0.3 is 10.0 Å². The van der Waals surface area contributed by atoms with E-state index in [0.29, 0.717) is 13.1 Å². The predicted molar refractivity (Wildman–Crippen MR) is 51.7 cm³/mol. The van der Waals surface area contributed by atoms with Crippen LogP contribution in [0, 0.1) is 5.41 Å². The highest BCUT2D eigenvalue weighted by Crippen LogP contribution is 2.18. The third-order valence-corrected chi connectivity index (χ3v) is 2.60. The van der Waals surface area contributed by atoms with Crippen LogP contribution in [0.1, 0.15) is 26.7 Å². The molecule has 0 radical (unpaired) electrons. The zero-order valence-electron chi connectivity index (χ0n) is 8.75. The van der Waals surface area contributed by atoms with Gasteiger partial charge in [-0.05, 0) is 12.8 Å². The van der Waals surface area contributed by atoms with Crippen molar-refractivity contribution in [1.29, 1.82) is 0 Å². The average molecular weight is 199 g/mol. The minimum absolute atomic E-state index is 0.286. The summed E-state index contributed by atoms with van der Waals surface area (Å²) in [6, 6.07) is 0. The van der Waals surface area contributed by atoms with Crippen LogP contribution in [0.2, 0.25) is 0 Å². The van der Waals surface area contributed by atoms with Crippen LogP contribution in [-0.2, 0) is 9.59 Å². The van der Waals surface area contributed by atoms with Crippen molar-refractivity contribution in [3.63, 3.8) is 0 Å².